The zero-order chi connectivity index (χ0) is 13.3. The van der Waals surface area contributed by atoms with Gasteiger partial charge in [0.15, 0.2) is 0 Å². The summed E-state index contributed by atoms with van der Waals surface area (Å²) in [6.07, 6.45) is 1.36. The average molecular weight is 244 g/mol. The number of hydrogen-bond acceptors (Lipinski definition) is 3. The van der Waals surface area contributed by atoms with Gasteiger partial charge >= 0.3 is 5.97 Å². The lowest BCUT2D eigenvalue weighted by molar-refractivity contribution is 0.0695. The summed E-state index contributed by atoms with van der Waals surface area (Å²) in [5.41, 5.74) is 2.16. The monoisotopic (exact) mass is 244 g/mol. The summed E-state index contributed by atoms with van der Waals surface area (Å²) < 4.78 is 0. The molecule has 0 bridgehead atoms. The zero-order valence-electron chi connectivity index (χ0n) is 10.0. The van der Waals surface area contributed by atoms with Gasteiger partial charge in [0.05, 0.1) is 6.20 Å². The fourth-order valence-electron chi connectivity index (χ4n) is 1.74. The molecule has 2 aromatic rings. The predicted octanol–water partition coefficient (Wildman–Crippen LogP) is 1.75. The van der Waals surface area contributed by atoms with E-state index in [4.69, 9.17) is 5.11 Å². The molecule has 0 atom stereocenters. The molecule has 18 heavy (non-hydrogen) atoms. The quantitative estimate of drug-likeness (QED) is 0.843. The van der Waals surface area contributed by atoms with Crippen molar-refractivity contribution in [3.05, 3.63) is 51.4 Å². The Labute approximate surface area is 103 Å². The van der Waals surface area contributed by atoms with Crippen LogP contribution in [0.15, 0.2) is 29.2 Å². The standard InChI is InChI=1S/C13H12N2O3/c1-7-3-4-9(5-8(7)2)10-6-14-15-12(16)11(10)13(17)18/h3-6H,1-2H3,(H,15,16)(H,17,18). The molecule has 0 spiro atoms. The molecule has 0 saturated carbocycles. The summed E-state index contributed by atoms with van der Waals surface area (Å²) in [5, 5.41) is 14.9. The average Bonchev–Trinajstić information content (AvgIpc) is 2.32. The van der Waals surface area contributed by atoms with Gasteiger partial charge in [0.2, 0.25) is 0 Å². The Kier molecular flexibility index (Phi) is 2.97. The van der Waals surface area contributed by atoms with Crippen LogP contribution in [0.4, 0.5) is 0 Å². The van der Waals surface area contributed by atoms with Gasteiger partial charge in [-0.25, -0.2) is 9.89 Å². The highest BCUT2D eigenvalue weighted by Crippen LogP contribution is 2.23. The molecule has 1 heterocycles. The maximum atomic E-state index is 11.5. The van der Waals surface area contributed by atoms with Gasteiger partial charge in [-0.15, -0.1) is 0 Å². The minimum Gasteiger partial charge on any atom is -0.477 e. The van der Waals surface area contributed by atoms with Gasteiger partial charge in [0, 0.05) is 5.56 Å². The number of aromatic carboxylic acids is 1. The molecule has 0 aliphatic heterocycles. The lowest BCUT2D eigenvalue weighted by atomic mass is 9.99. The summed E-state index contributed by atoms with van der Waals surface area (Å²) >= 11 is 0. The summed E-state index contributed by atoms with van der Waals surface area (Å²) in [6, 6.07) is 5.51. The predicted molar refractivity (Wildman–Crippen MR) is 66.7 cm³/mol. The Balaban J connectivity index is 2.71. The van der Waals surface area contributed by atoms with Crippen LogP contribution in [0.3, 0.4) is 0 Å². The Bertz CT molecular complexity index is 674. The molecule has 2 rings (SSSR count). The Morgan fingerprint density at radius 2 is 2.00 bits per heavy atom. The number of nitrogens with one attached hydrogen (secondary N) is 1. The van der Waals surface area contributed by atoms with E-state index in [2.05, 4.69) is 10.2 Å². The topological polar surface area (TPSA) is 83.0 Å². The van der Waals surface area contributed by atoms with Crippen molar-refractivity contribution >= 4 is 5.97 Å². The number of carboxylic acids is 1. The second-order valence-electron chi connectivity index (χ2n) is 4.09. The highest BCUT2D eigenvalue weighted by Gasteiger charge is 2.16. The summed E-state index contributed by atoms with van der Waals surface area (Å²) in [4.78, 5) is 22.6. The molecule has 1 aromatic carbocycles. The number of nitrogens with zero attached hydrogens (tertiary/aromatic N) is 1. The number of aromatic nitrogens is 2. The number of hydrogen-bond donors (Lipinski definition) is 2. The molecule has 0 saturated heterocycles. The Morgan fingerprint density at radius 1 is 1.28 bits per heavy atom. The summed E-state index contributed by atoms with van der Waals surface area (Å²) in [6.45, 7) is 3.90. The second-order valence-corrected chi connectivity index (χ2v) is 4.09. The maximum Gasteiger partial charge on any atom is 0.342 e. The van der Waals surface area contributed by atoms with E-state index in [1.807, 2.05) is 26.0 Å². The van der Waals surface area contributed by atoms with Gasteiger partial charge in [-0.1, -0.05) is 18.2 Å². The van der Waals surface area contributed by atoms with Crippen molar-refractivity contribution in [2.45, 2.75) is 13.8 Å². The molecule has 5 nitrogen and oxygen atoms in total. The number of rotatable bonds is 2. The number of H-pyrrole nitrogens is 1. The van der Waals surface area contributed by atoms with Gasteiger partial charge in [-0.05, 0) is 30.5 Å². The first-order valence-corrected chi connectivity index (χ1v) is 5.39. The van der Waals surface area contributed by atoms with Crippen LogP contribution in [0.25, 0.3) is 11.1 Å². The number of carboxylic acid groups (broad SMARTS) is 1. The van der Waals surface area contributed by atoms with Crippen LogP contribution in [0.1, 0.15) is 21.5 Å². The minimum absolute atomic E-state index is 0.284. The highest BCUT2D eigenvalue weighted by molar-refractivity contribution is 5.95. The van der Waals surface area contributed by atoms with Gasteiger partial charge in [-0.3, -0.25) is 4.79 Å². The van der Waals surface area contributed by atoms with E-state index in [9.17, 15) is 9.59 Å². The third-order valence-corrected chi connectivity index (χ3v) is 2.89. The van der Waals surface area contributed by atoms with Gasteiger partial charge < -0.3 is 5.11 Å². The van der Waals surface area contributed by atoms with Crippen molar-refractivity contribution in [1.29, 1.82) is 0 Å². The van der Waals surface area contributed by atoms with Crippen molar-refractivity contribution in [2.24, 2.45) is 0 Å². The fourth-order valence-corrected chi connectivity index (χ4v) is 1.74. The summed E-state index contributed by atoms with van der Waals surface area (Å²) in [5.74, 6) is -1.26. The van der Waals surface area contributed by atoms with Crippen LogP contribution in [-0.2, 0) is 0 Å². The molecule has 0 fully saturated rings. The van der Waals surface area contributed by atoms with E-state index in [0.29, 0.717) is 11.1 Å². The molecule has 1 aromatic heterocycles. The third-order valence-electron chi connectivity index (χ3n) is 2.89. The lowest BCUT2D eigenvalue weighted by Gasteiger charge is -2.07. The van der Waals surface area contributed by atoms with Crippen LogP contribution in [0, 0.1) is 13.8 Å². The Hall–Kier alpha value is -2.43. The van der Waals surface area contributed by atoms with Crippen molar-refractivity contribution < 1.29 is 9.90 Å². The van der Waals surface area contributed by atoms with E-state index < -0.39 is 11.5 Å². The van der Waals surface area contributed by atoms with E-state index in [1.54, 1.807) is 6.07 Å². The minimum atomic E-state index is -1.26. The molecular formula is C13H12N2O3. The third kappa shape index (κ3) is 2.02. The van der Waals surface area contributed by atoms with Crippen LogP contribution >= 0.6 is 0 Å². The number of benzene rings is 1. The lowest BCUT2D eigenvalue weighted by Crippen LogP contribution is -2.19. The largest absolute Gasteiger partial charge is 0.477 e. The fraction of sp³-hybridized carbons (Fsp3) is 0.154. The number of aromatic amines is 1. The first-order chi connectivity index (χ1) is 8.50. The highest BCUT2D eigenvalue weighted by atomic mass is 16.4. The zero-order valence-corrected chi connectivity index (χ0v) is 10.0. The van der Waals surface area contributed by atoms with Gasteiger partial charge in [-0.2, -0.15) is 5.10 Å². The van der Waals surface area contributed by atoms with Crippen LogP contribution in [-0.4, -0.2) is 21.3 Å². The first-order valence-electron chi connectivity index (χ1n) is 5.39. The molecule has 5 heteroatoms. The van der Waals surface area contributed by atoms with Crippen molar-refractivity contribution in [2.75, 3.05) is 0 Å². The van der Waals surface area contributed by atoms with Crippen LogP contribution in [0.2, 0.25) is 0 Å². The molecule has 2 N–H and O–H groups in total. The molecule has 0 amide bonds. The van der Waals surface area contributed by atoms with Gasteiger partial charge in [0.25, 0.3) is 5.56 Å². The summed E-state index contributed by atoms with van der Waals surface area (Å²) in [7, 11) is 0. The molecule has 0 aliphatic carbocycles. The van der Waals surface area contributed by atoms with E-state index in [-0.39, 0.29) is 5.56 Å². The van der Waals surface area contributed by atoms with E-state index in [1.165, 1.54) is 6.20 Å². The molecule has 0 radical (unpaired) electrons. The first kappa shape index (κ1) is 12.0. The van der Waals surface area contributed by atoms with E-state index in [0.717, 1.165) is 11.1 Å². The van der Waals surface area contributed by atoms with Crippen molar-refractivity contribution in [1.82, 2.24) is 10.2 Å². The second kappa shape index (κ2) is 4.44. The molecular weight excluding hydrogens is 232 g/mol. The van der Waals surface area contributed by atoms with Crippen LogP contribution in [0.5, 0.6) is 0 Å². The number of aryl methyl sites for hydroxylation is 2. The molecule has 92 valence electrons. The van der Waals surface area contributed by atoms with Crippen LogP contribution < -0.4 is 5.56 Å². The molecule has 0 unspecified atom stereocenters. The SMILES string of the molecule is Cc1ccc(-c2cn[nH]c(=O)c2C(=O)O)cc1C. The van der Waals surface area contributed by atoms with E-state index >= 15 is 0 Å². The Morgan fingerprint density at radius 3 is 2.61 bits per heavy atom. The normalized spacial score (nSPS) is 10.3. The number of carbonyl (C=O) groups is 1. The van der Waals surface area contributed by atoms with Crippen molar-refractivity contribution in [3.8, 4) is 11.1 Å². The van der Waals surface area contributed by atoms with Crippen molar-refractivity contribution in [3.63, 3.8) is 0 Å². The molecule has 0 aliphatic rings. The smallest absolute Gasteiger partial charge is 0.342 e. The van der Waals surface area contributed by atoms with Gasteiger partial charge in [0.1, 0.15) is 5.56 Å². The maximum absolute atomic E-state index is 11.5.